The lowest BCUT2D eigenvalue weighted by Gasteiger charge is -2.13. The number of methoxy groups -OCH3 is 2. The summed E-state index contributed by atoms with van der Waals surface area (Å²) in [7, 11) is 3.12. The molecule has 5 nitrogen and oxygen atoms in total. The summed E-state index contributed by atoms with van der Waals surface area (Å²) in [6, 6.07) is 7.05. The topological polar surface area (TPSA) is 60.5 Å². The molecule has 1 heterocycles. The summed E-state index contributed by atoms with van der Waals surface area (Å²) < 4.78 is 11.1. The van der Waals surface area contributed by atoms with Gasteiger partial charge in [0.1, 0.15) is 5.69 Å². The fraction of sp³-hybridized carbons (Fsp3) is 0.200. The van der Waals surface area contributed by atoms with Crippen molar-refractivity contribution in [2.45, 2.75) is 6.92 Å². The molecule has 2 aromatic rings. The Kier molecular flexibility index (Phi) is 4.80. The maximum absolute atomic E-state index is 12.3. The predicted octanol–water partition coefficient (Wildman–Crippen LogP) is 3.42. The summed E-state index contributed by atoms with van der Waals surface area (Å²) in [4.78, 5) is 16.3. The minimum absolute atomic E-state index is 0.294. The smallest absolute Gasteiger partial charge is 0.275 e. The van der Waals surface area contributed by atoms with E-state index in [4.69, 9.17) is 9.47 Å². The Morgan fingerprint density at radius 3 is 2.52 bits per heavy atom. The molecule has 0 atom stereocenters. The second-order valence-electron chi connectivity index (χ2n) is 4.31. The molecule has 1 amide bonds. The molecular formula is C15H15BrN2O3. The van der Waals surface area contributed by atoms with E-state index in [0.717, 1.165) is 5.56 Å². The number of hydrogen-bond acceptors (Lipinski definition) is 4. The van der Waals surface area contributed by atoms with Crippen LogP contribution in [0.4, 0.5) is 5.69 Å². The third-order valence-corrected chi connectivity index (χ3v) is 3.59. The first-order valence-electron chi connectivity index (χ1n) is 6.21. The fourth-order valence-electron chi connectivity index (χ4n) is 1.85. The average Bonchev–Trinajstić information content (AvgIpc) is 2.49. The SMILES string of the molecule is COc1cc(C)c(NC(=O)c2ncccc2Br)cc1OC. The van der Waals surface area contributed by atoms with Crippen LogP contribution in [-0.2, 0) is 0 Å². The van der Waals surface area contributed by atoms with Crippen molar-refractivity contribution < 1.29 is 14.3 Å². The van der Waals surface area contributed by atoms with Gasteiger partial charge in [-0.2, -0.15) is 0 Å². The molecule has 0 fully saturated rings. The molecule has 0 saturated carbocycles. The number of amides is 1. The van der Waals surface area contributed by atoms with Crippen LogP contribution in [-0.4, -0.2) is 25.1 Å². The maximum Gasteiger partial charge on any atom is 0.275 e. The van der Waals surface area contributed by atoms with Crippen molar-refractivity contribution in [2.24, 2.45) is 0 Å². The van der Waals surface area contributed by atoms with E-state index in [0.29, 0.717) is 27.4 Å². The Morgan fingerprint density at radius 2 is 1.90 bits per heavy atom. The van der Waals surface area contributed by atoms with Crippen molar-refractivity contribution in [3.63, 3.8) is 0 Å². The lowest BCUT2D eigenvalue weighted by Crippen LogP contribution is -2.15. The minimum atomic E-state index is -0.294. The number of hydrogen-bond donors (Lipinski definition) is 1. The van der Waals surface area contributed by atoms with Gasteiger partial charge >= 0.3 is 0 Å². The number of nitrogens with zero attached hydrogens (tertiary/aromatic N) is 1. The predicted molar refractivity (Wildman–Crippen MR) is 84.2 cm³/mol. The first-order valence-corrected chi connectivity index (χ1v) is 7.00. The number of benzene rings is 1. The molecule has 110 valence electrons. The molecule has 1 aromatic carbocycles. The Hall–Kier alpha value is -2.08. The molecule has 0 saturated heterocycles. The van der Waals surface area contributed by atoms with Gasteiger partial charge in [0, 0.05) is 22.4 Å². The third kappa shape index (κ3) is 3.33. The molecule has 0 radical (unpaired) electrons. The highest BCUT2D eigenvalue weighted by molar-refractivity contribution is 9.10. The molecular weight excluding hydrogens is 336 g/mol. The summed E-state index contributed by atoms with van der Waals surface area (Å²) >= 11 is 3.31. The molecule has 6 heteroatoms. The van der Waals surface area contributed by atoms with E-state index < -0.39 is 0 Å². The highest BCUT2D eigenvalue weighted by atomic mass is 79.9. The van der Waals surface area contributed by atoms with Gasteiger partial charge in [-0.3, -0.25) is 4.79 Å². The number of pyridine rings is 1. The molecule has 0 unspecified atom stereocenters. The van der Waals surface area contributed by atoms with Gasteiger partial charge < -0.3 is 14.8 Å². The van der Waals surface area contributed by atoms with Crippen molar-refractivity contribution in [3.05, 3.63) is 46.2 Å². The summed E-state index contributed by atoms with van der Waals surface area (Å²) in [6.07, 6.45) is 1.57. The zero-order valence-corrected chi connectivity index (χ0v) is 13.5. The Balaban J connectivity index is 2.31. The monoisotopic (exact) mass is 350 g/mol. The summed E-state index contributed by atoms with van der Waals surface area (Å²) in [5.74, 6) is 0.878. The van der Waals surface area contributed by atoms with Crippen molar-refractivity contribution in [1.82, 2.24) is 4.98 Å². The molecule has 1 aromatic heterocycles. The standard InChI is InChI=1S/C15H15BrN2O3/c1-9-7-12(20-2)13(21-3)8-11(9)18-15(19)14-10(16)5-4-6-17-14/h4-8H,1-3H3,(H,18,19). The average molecular weight is 351 g/mol. The van der Waals surface area contributed by atoms with Crippen molar-refractivity contribution in [2.75, 3.05) is 19.5 Å². The number of aryl methyl sites for hydroxylation is 1. The zero-order valence-electron chi connectivity index (χ0n) is 11.9. The van der Waals surface area contributed by atoms with Gasteiger partial charge in [-0.1, -0.05) is 0 Å². The maximum atomic E-state index is 12.3. The summed E-state index contributed by atoms with van der Waals surface area (Å²) in [5.41, 5.74) is 1.84. The molecule has 2 rings (SSSR count). The van der Waals surface area contributed by atoms with E-state index in [9.17, 15) is 4.79 Å². The van der Waals surface area contributed by atoms with Crippen LogP contribution in [0.25, 0.3) is 0 Å². The number of halogens is 1. The molecule has 1 N–H and O–H groups in total. The highest BCUT2D eigenvalue weighted by Crippen LogP contribution is 2.33. The van der Waals surface area contributed by atoms with E-state index in [-0.39, 0.29) is 5.91 Å². The van der Waals surface area contributed by atoms with Crippen LogP contribution >= 0.6 is 15.9 Å². The molecule has 0 aliphatic rings. The molecule has 0 bridgehead atoms. The third-order valence-electron chi connectivity index (χ3n) is 2.95. The number of aromatic nitrogens is 1. The van der Waals surface area contributed by atoms with Gasteiger partial charge in [-0.05, 0) is 46.6 Å². The lowest BCUT2D eigenvalue weighted by atomic mass is 10.1. The van der Waals surface area contributed by atoms with E-state index in [1.54, 1.807) is 38.6 Å². The number of ether oxygens (including phenoxy) is 2. The number of anilines is 1. The minimum Gasteiger partial charge on any atom is -0.493 e. The van der Waals surface area contributed by atoms with Crippen LogP contribution in [0.1, 0.15) is 16.1 Å². The summed E-state index contributed by atoms with van der Waals surface area (Å²) in [5, 5.41) is 2.83. The molecule has 0 aliphatic carbocycles. The van der Waals surface area contributed by atoms with Crippen molar-refractivity contribution in [1.29, 1.82) is 0 Å². The van der Waals surface area contributed by atoms with Gasteiger partial charge in [0.05, 0.1) is 14.2 Å². The van der Waals surface area contributed by atoms with Gasteiger partial charge in [-0.15, -0.1) is 0 Å². The van der Waals surface area contributed by atoms with Gasteiger partial charge in [0.15, 0.2) is 11.5 Å². The van der Waals surface area contributed by atoms with Gasteiger partial charge in [0.25, 0.3) is 5.91 Å². The van der Waals surface area contributed by atoms with Crippen molar-refractivity contribution >= 4 is 27.5 Å². The van der Waals surface area contributed by atoms with Crippen molar-refractivity contribution in [3.8, 4) is 11.5 Å². The number of rotatable bonds is 4. The number of carbonyl (C=O) groups excluding carboxylic acids is 1. The molecule has 21 heavy (non-hydrogen) atoms. The number of nitrogens with one attached hydrogen (secondary N) is 1. The second-order valence-corrected chi connectivity index (χ2v) is 5.16. The van der Waals surface area contributed by atoms with Crippen LogP contribution in [0.15, 0.2) is 34.9 Å². The largest absolute Gasteiger partial charge is 0.493 e. The second kappa shape index (κ2) is 6.58. The molecule has 0 spiro atoms. The fourth-order valence-corrected chi connectivity index (χ4v) is 2.28. The Morgan fingerprint density at radius 1 is 1.24 bits per heavy atom. The van der Waals surface area contributed by atoms with Gasteiger partial charge in [-0.25, -0.2) is 4.98 Å². The van der Waals surface area contributed by atoms with Crippen LogP contribution < -0.4 is 14.8 Å². The van der Waals surface area contributed by atoms with E-state index in [1.807, 2.05) is 13.0 Å². The zero-order chi connectivity index (χ0) is 15.4. The van der Waals surface area contributed by atoms with E-state index >= 15 is 0 Å². The Bertz CT molecular complexity index is 674. The highest BCUT2D eigenvalue weighted by Gasteiger charge is 2.14. The first kappa shape index (κ1) is 15.3. The molecule has 0 aliphatic heterocycles. The van der Waals surface area contributed by atoms with Crippen LogP contribution in [0.5, 0.6) is 11.5 Å². The quantitative estimate of drug-likeness (QED) is 0.917. The summed E-state index contributed by atoms with van der Waals surface area (Å²) in [6.45, 7) is 1.88. The normalized spacial score (nSPS) is 10.1. The number of carbonyl (C=O) groups is 1. The van der Waals surface area contributed by atoms with E-state index in [2.05, 4.69) is 26.2 Å². The first-order chi connectivity index (χ1) is 10.1. The van der Waals surface area contributed by atoms with Crippen LogP contribution in [0.3, 0.4) is 0 Å². The van der Waals surface area contributed by atoms with E-state index in [1.165, 1.54) is 0 Å². The van der Waals surface area contributed by atoms with Crippen LogP contribution in [0.2, 0.25) is 0 Å². The van der Waals surface area contributed by atoms with Crippen LogP contribution in [0, 0.1) is 6.92 Å². The lowest BCUT2D eigenvalue weighted by molar-refractivity contribution is 0.102. The van der Waals surface area contributed by atoms with Gasteiger partial charge in [0.2, 0.25) is 0 Å². The Labute approximate surface area is 131 Å².